The van der Waals surface area contributed by atoms with Crippen LogP contribution >= 0.6 is 22.7 Å². The summed E-state index contributed by atoms with van der Waals surface area (Å²) in [7, 11) is -0.376. The zero-order valence-corrected chi connectivity index (χ0v) is 13.9. The summed E-state index contributed by atoms with van der Waals surface area (Å²) in [4.78, 5) is 4.96. The van der Waals surface area contributed by atoms with E-state index in [2.05, 4.69) is 10.3 Å². The fourth-order valence-corrected chi connectivity index (χ4v) is 4.88. The average molecular weight is 342 g/mol. The maximum atomic E-state index is 12.8. The molecule has 21 heavy (non-hydrogen) atoms. The van der Waals surface area contributed by atoms with Crippen molar-refractivity contribution < 1.29 is 8.42 Å². The van der Waals surface area contributed by atoms with Crippen molar-refractivity contribution in [1.82, 2.24) is 13.7 Å². The monoisotopic (exact) mass is 342 g/mol. The summed E-state index contributed by atoms with van der Waals surface area (Å²) in [5.74, 6) is 0.374. The summed E-state index contributed by atoms with van der Waals surface area (Å²) in [6.07, 6.45) is 1.72. The van der Waals surface area contributed by atoms with Crippen LogP contribution in [0.4, 0.5) is 5.82 Å². The van der Waals surface area contributed by atoms with Gasteiger partial charge < -0.3 is 5.32 Å². The van der Waals surface area contributed by atoms with E-state index in [0.717, 1.165) is 5.56 Å². The van der Waals surface area contributed by atoms with Gasteiger partial charge in [0.25, 0.3) is 10.0 Å². The Labute approximate surface area is 130 Å². The second-order valence-corrected chi connectivity index (χ2v) is 8.08. The lowest BCUT2D eigenvalue weighted by molar-refractivity contribution is 0.464. The Morgan fingerprint density at radius 1 is 1.43 bits per heavy atom. The van der Waals surface area contributed by atoms with Crippen LogP contribution in [0, 0.1) is 0 Å². The first-order chi connectivity index (χ1) is 10.0. The summed E-state index contributed by atoms with van der Waals surface area (Å²) in [6, 6.07) is 1.92. The number of thiophene rings is 1. The van der Waals surface area contributed by atoms with Crippen LogP contribution in [0.5, 0.6) is 0 Å². The van der Waals surface area contributed by atoms with Crippen molar-refractivity contribution in [2.75, 3.05) is 19.4 Å². The lowest BCUT2D eigenvalue weighted by atomic mass is 10.3. The van der Waals surface area contributed by atoms with Crippen molar-refractivity contribution in [3.63, 3.8) is 0 Å². The molecule has 1 N–H and O–H groups in total. The SMILES string of the molecule is CNc1nc2sccn2c1S(=O)(=O)N(C)Cc1ccsc1. The second kappa shape index (κ2) is 5.41. The van der Waals surface area contributed by atoms with Crippen LogP contribution in [0.25, 0.3) is 4.96 Å². The number of imidazole rings is 1. The molecule has 112 valence electrons. The van der Waals surface area contributed by atoms with Crippen molar-refractivity contribution in [1.29, 1.82) is 0 Å². The molecule has 9 heteroatoms. The molecule has 0 bridgehead atoms. The summed E-state index contributed by atoms with van der Waals surface area (Å²) in [5, 5.41) is 8.74. The number of hydrogen-bond acceptors (Lipinski definition) is 6. The van der Waals surface area contributed by atoms with Crippen LogP contribution in [0.1, 0.15) is 5.56 Å². The topological polar surface area (TPSA) is 66.7 Å². The van der Waals surface area contributed by atoms with Crippen LogP contribution in [-0.4, -0.2) is 36.2 Å². The molecular weight excluding hydrogens is 328 g/mol. The number of anilines is 1. The van der Waals surface area contributed by atoms with E-state index in [1.165, 1.54) is 15.6 Å². The highest BCUT2D eigenvalue weighted by molar-refractivity contribution is 7.89. The van der Waals surface area contributed by atoms with Gasteiger partial charge in [0.1, 0.15) is 0 Å². The lowest BCUT2D eigenvalue weighted by Crippen LogP contribution is -2.27. The van der Waals surface area contributed by atoms with Crippen molar-refractivity contribution >= 4 is 43.5 Å². The largest absolute Gasteiger partial charge is 0.371 e. The van der Waals surface area contributed by atoms with Gasteiger partial charge in [-0.2, -0.15) is 15.6 Å². The molecule has 0 saturated heterocycles. The molecule has 3 heterocycles. The molecule has 6 nitrogen and oxygen atoms in total. The van der Waals surface area contributed by atoms with Gasteiger partial charge in [0.2, 0.25) is 0 Å². The van der Waals surface area contributed by atoms with Crippen LogP contribution < -0.4 is 5.32 Å². The third-order valence-corrected chi connectivity index (χ3v) is 6.41. The van der Waals surface area contributed by atoms with Gasteiger partial charge in [-0.3, -0.25) is 4.40 Å². The minimum Gasteiger partial charge on any atom is -0.371 e. The van der Waals surface area contributed by atoms with Gasteiger partial charge in [0.05, 0.1) is 0 Å². The molecule has 0 aliphatic carbocycles. The van der Waals surface area contributed by atoms with Gasteiger partial charge in [-0.1, -0.05) is 0 Å². The quantitative estimate of drug-likeness (QED) is 0.773. The molecule has 0 fully saturated rings. The average Bonchev–Trinajstić information content (AvgIpc) is 3.13. The highest BCUT2D eigenvalue weighted by Gasteiger charge is 2.29. The molecule has 0 unspecified atom stereocenters. The fourth-order valence-electron chi connectivity index (χ4n) is 2.05. The first kappa shape index (κ1) is 14.5. The maximum absolute atomic E-state index is 12.8. The Morgan fingerprint density at radius 2 is 2.24 bits per heavy atom. The number of nitrogens with one attached hydrogen (secondary N) is 1. The van der Waals surface area contributed by atoms with E-state index < -0.39 is 10.0 Å². The summed E-state index contributed by atoms with van der Waals surface area (Å²) in [6.45, 7) is 0.340. The molecule has 0 spiro atoms. The first-order valence-corrected chi connectivity index (χ1v) is 9.41. The Kier molecular flexibility index (Phi) is 3.74. The standard InChI is InChI=1S/C12H14N4O2S3/c1-13-10-11(16-4-6-20-12(16)14-10)21(17,18)15(2)7-9-3-5-19-8-9/h3-6,8,13H,7H2,1-2H3. The van der Waals surface area contributed by atoms with E-state index in [0.29, 0.717) is 17.3 Å². The van der Waals surface area contributed by atoms with E-state index in [-0.39, 0.29) is 5.03 Å². The smallest absolute Gasteiger partial charge is 0.262 e. The molecule has 0 radical (unpaired) electrons. The van der Waals surface area contributed by atoms with E-state index in [1.54, 1.807) is 36.0 Å². The minimum atomic E-state index is -3.63. The van der Waals surface area contributed by atoms with Crippen molar-refractivity contribution in [3.8, 4) is 0 Å². The molecule has 0 aromatic carbocycles. The van der Waals surface area contributed by atoms with Crippen molar-refractivity contribution in [2.24, 2.45) is 0 Å². The zero-order valence-electron chi connectivity index (χ0n) is 11.5. The first-order valence-electron chi connectivity index (χ1n) is 6.14. The number of nitrogens with zero attached hydrogens (tertiary/aromatic N) is 3. The van der Waals surface area contributed by atoms with Crippen LogP contribution in [0.15, 0.2) is 33.4 Å². The number of aromatic nitrogens is 2. The van der Waals surface area contributed by atoms with Crippen molar-refractivity contribution in [2.45, 2.75) is 11.6 Å². The summed E-state index contributed by atoms with van der Waals surface area (Å²) < 4.78 is 28.6. The van der Waals surface area contributed by atoms with Gasteiger partial charge in [-0.15, -0.1) is 11.3 Å². The molecular formula is C12H14N4O2S3. The molecule has 3 aromatic rings. The molecule has 0 amide bonds. The van der Waals surface area contributed by atoms with Gasteiger partial charge in [-0.05, 0) is 22.4 Å². The predicted molar refractivity (Wildman–Crippen MR) is 85.6 cm³/mol. The van der Waals surface area contributed by atoms with Crippen LogP contribution in [0.2, 0.25) is 0 Å². The van der Waals surface area contributed by atoms with E-state index >= 15 is 0 Å². The lowest BCUT2D eigenvalue weighted by Gasteiger charge is -2.16. The third kappa shape index (κ3) is 2.46. The van der Waals surface area contributed by atoms with E-state index in [1.807, 2.05) is 22.2 Å². The summed E-state index contributed by atoms with van der Waals surface area (Å²) >= 11 is 2.95. The van der Waals surface area contributed by atoms with Gasteiger partial charge in [-0.25, -0.2) is 13.4 Å². The Hall–Kier alpha value is -1.42. The Balaban J connectivity index is 2.05. The van der Waals surface area contributed by atoms with Gasteiger partial charge >= 0.3 is 0 Å². The molecule has 0 aliphatic rings. The molecule has 3 rings (SSSR count). The number of sulfonamides is 1. The zero-order chi connectivity index (χ0) is 15.0. The highest BCUT2D eigenvalue weighted by atomic mass is 32.2. The Bertz CT molecular complexity index is 848. The maximum Gasteiger partial charge on any atom is 0.262 e. The summed E-state index contributed by atoms with van der Waals surface area (Å²) in [5.41, 5.74) is 0.975. The minimum absolute atomic E-state index is 0.180. The number of hydrogen-bond donors (Lipinski definition) is 1. The molecule has 0 atom stereocenters. The van der Waals surface area contributed by atoms with E-state index in [4.69, 9.17) is 0 Å². The second-order valence-electron chi connectivity index (χ2n) is 4.46. The molecule has 0 aliphatic heterocycles. The fraction of sp³-hybridized carbons (Fsp3) is 0.250. The van der Waals surface area contributed by atoms with Gasteiger partial charge in [0, 0.05) is 32.2 Å². The van der Waals surface area contributed by atoms with E-state index in [9.17, 15) is 8.42 Å². The number of rotatable bonds is 5. The molecule has 0 saturated carbocycles. The van der Waals surface area contributed by atoms with Crippen LogP contribution in [-0.2, 0) is 16.6 Å². The van der Waals surface area contributed by atoms with Crippen LogP contribution in [0.3, 0.4) is 0 Å². The number of thiazole rings is 1. The van der Waals surface area contributed by atoms with Crippen molar-refractivity contribution in [3.05, 3.63) is 34.0 Å². The molecule has 3 aromatic heterocycles. The number of fused-ring (bicyclic) bond motifs is 1. The Morgan fingerprint density at radius 3 is 2.90 bits per heavy atom. The predicted octanol–water partition coefficient (Wildman–Crippen LogP) is 2.32. The third-order valence-electron chi connectivity index (χ3n) is 3.10. The highest BCUT2D eigenvalue weighted by Crippen LogP contribution is 2.28. The van der Waals surface area contributed by atoms with Gasteiger partial charge in [0.15, 0.2) is 15.8 Å². The normalized spacial score (nSPS) is 12.3.